The Hall–Kier alpha value is 0.141. The van der Waals surface area contributed by atoms with Crippen LogP contribution in [0.4, 0.5) is 0 Å². The summed E-state index contributed by atoms with van der Waals surface area (Å²) in [5, 5.41) is 1.41. The van der Waals surface area contributed by atoms with Gasteiger partial charge in [-0.25, -0.2) is 12.2 Å². The van der Waals surface area contributed by atoms with Crippen molar-refractivity contribution in [2.75, 3.05) is 0 Å². The number of nitrogens with one attached hydrogen (secondary N) is 1. The Kier molecular flexibility index (Phi) is 15.7. The average molecular weight is 334 g/mol. The zero-order chi connectivity index (χ0) is 11.3. The van der Waals surface area contributed by atoms with Crippen molar-refractivity contribution in [1.29, 1.82) is 0 Å². The molecule has 0 amide bonds. The smallest absolute Gasteiger partial charge is 1.00 e. The molecule has 18 heavy (non-hydrogen) atoms. The van der Waals surface area contributed by atoms with Crippen molar-refractivity contribution in [2.24, 2.45) is 0 Å². The predicted octanol–water partition coefficient (Wildman–Crippen LogP) is -3.14. The third-order valence-electron chi connectivity index (χ3n) is 2.28. The van der Waals surface area contributed by atoms with Crippen molar-refractivity contribution in [2.45, 2.75) is 26.9 Å². The Morgan fingerprint density at radius 3 is 1.94 bits per heavy atom. The number of rotatable bonds is 0. The third kappa shape index (κ3) is 8.28. The van der Waals surface area contributed by atoms with Gasteiger partial charge in [-0.3, -0.25) is 0 Å². The van der Waals surface area contributed by atoms with E-state index in [1.165, 1.54) is 16.3 Å². The molecular weight excluding hydrogens is 317 g/mol. The summed E-state index contributed by atoms with van der Waals surface area (Å²) < 4.78 is 0. The van der Waals surface area contributed by atoms with Crippen LogP contribution in [0.5, 0.6) is 0 Å². The van der Waals surface area contributed by atoms with E-state index in [0.29, 0.717) is 0 Å². The first-order valence-corrected chi connectivity index (χ1v) is 7.57. The zero-order valence-corrected chi connectivity index (χ0v) is 15.1. The second-order valence-electron chi connectivity index (χ2n) is 3.81. The number of H-pyrrole nitrogens is 1. The Labute approximate surface area is 139 Å². The van der Waals surface area contributed by atoms with Gasteiger partial charge in [-0.15, -0.1) is 12.4 Å². The first-order chi connectivity index (χ1) is 7.11. The fraction of sp³-hybridized carbons (Fsp3) is 0.308. The number of aryl methyl sites for hydroxylation is 2. The Morgan fingerprint density at radius 1 is 1.17 bits per heavy atom. The summed E-state index contributed by atoms with van der Waals surface area (Å²) in [5.74, 6) is 0. The number of hydrogen-bond acceptors (Lipinski definition) is 0. The summed E-state index contributed by atoms with van der Waals surface area (Å²) in [6.07, 6.45) is 14.2. The Bertz CT molecular complexity index is 388. The molecule has 1 aromatic heterocycles. The largest absolute Gasteiger partial charge is 4.00 e. The molecule has 0 radical (unpaired) electrons. The van der Waals surface area contributed by atoms with Gasteiger partial charge < -0.3 is 29.8 Å². The molecule has 0 fully saturated rings. The quantitative estimate of drug-likeness (QED) is 0.381. The van der Waals surface area contributed by atoms with E-state index in [-0.39, 0.29) is 54.9 Å². The van der Waals surface area contributed by atoms with E-state index in [4.69, 9.17) is 0 Å². The predicted molar refractivity (Wildman–Crippen MR) is 68.5 cm³/mol. The number of aromatic amines is 1. The minimum absolute atomic E-state index is 0. The second kappa shape index (κ2) is 12.2. The fourth-order valence-electron chi connectivity index (χ4n) is 1.10. The van der Waals surface area contributed by atoms with Gasteiger partial charge in [-0.2, -0.15) is 28.4 Å². The molecule has 1 heterocycles. The van der Waals surface area contributed by atoms with Crippen molar-refractivity contribution in [3.63, 3.8) is 0 Å². The van der Waals surface area contributed by atoms with E-state index in [1.54, 1.807) is 0 Å². The third-order valence-corrected chi connectivity index (χ3v) is 3.66. The normalized spacial score (nSPS) is 10.6. The molecular formula is C13H17Cl2NSiTi. The number of hydrogen-bond donors (Lipinski definition) is 1. The molecule has 0 unspecified atom stereocenters. The summed E-state index contributed by atoms with van der Waals surface area (Å²) in [5.41, 5.74) is 2.49. The van der Waals surface area contributed by atoms with Crippen LogP contribution in [-0.4, -0.2) is 18.6 Å². The number of halogens is 2. The maximum absolute atomic E-state index is 3.18. The van der Waals surface area contributed by atoms with E-state index in [2.05, 4.69) is 43.4 Å². The van der Waals surface area contributed by atoms with Crippen molar-refractivity contribution in [3.05, 3.63) is 47.8 Å². The Balaban J connectivity index is -0.000000215. The molecule has 1 N–H and O–H groups in total. The summed E-state index contributed by atoms with van der Waals surface area (Å²) in [6, 6.07) is 0. The first-order valence-electron chi connectivity index (χ1n) is 5.07. The van der Waals surface area contributed by atoms with Crippen molar-refractivity contribution in [1.82, 2.24) is 4.98 Å². The van der Waals surface area contributed by atoms with Crippen LogP contribution in [0.25, 0.3) is 0 Å². The van der Waals surface area contributed by atoms with Crippen molar-refractivity contribution >= 4 is 13.6 Å². The molecule has 96 valence electrons. The summed E-state index contributed by atoms with van der Waals surface area (Å²) in [7, 11) is -0.225. The second-order valence-corrected chi connectivity index (χ2v) is 6.34. The monoisotopic (exact) mass is 333 g/mol. The molecule has 2 rings (SSSR count). The fourth-order valence-corrected chi connectivity index (χ4v) is 1.90. The van der Waals surface area contributed by atoms with Gasteiger partial charge >= 0.3 is 21.7 Å². The van der Waals surface area contributed by atoms with E-state index in [0.717, 1.165) is 0 Å². The molecule has 0 saturated heterocycles. The van der Waals surface area contributed by atoms with Gasteiger partial charge in [-0.1, -0.05) is 26.9 Å². The molecule has 0 spiro atoms. The molecule has 5 heteroatoms. The van der Waals surface area contributed by atoms with Crippen LogP contribution in [0.1, 0.15) is 11.1 Å². The summed E-state index contributed by atoms with van der Waals surface area (Å²) in [4.78, 5) is 2.87. The topological polar surface area (TPSA) is 15.8 Å². The minimum atomic E-state index is -0.225. The van der Waals surface area contributed by atoms with Crippen LogP contribution in [-0.2, 0) is 21.7 Å². The molecule has 0 saturated carbocycles. The maximum Gasteiger partial charge on any atom is 4.00 e. The SMILES string of the molecule is C[Si](C)=C1[C-]=CC=C1.Cc1[c-][nH]cc1C.[Cl-].[Cl-].[Ti+4]. The van der Waals surface area contributed by atoms with Crippen LogP contribution in [0.2, 0.25) is 13.1 Å². The molecule has 0 atom stereocenters. The van der Waals surface area contributed by atoms with Crippen LogP contribution < -0.4 is 24.8 Å². The van der Waals surface area contributed by atoms with Gasteiger partial charge in [0.05, 0.1) is 0 Å². The summed E-state index contributed by atoms with van der Waals surface area (Å²) >= 11 is 0. The molecule has 0 aromatic carbocycles. The molecule has 0 aliphatic heterocycles. The van der Waals surface area contributed by atoms with Crippen molar-refractivity contribution < 1.29 is 46.5 Å². The first kappa shape index (κ1) is 23.3. The minimum Gasteiger partial charge on any atom is -1.00 e. The van der Waals surface area contributed by atoms with Crippen LogP contribution in [0.3, 0.4) is 0 Å². The van der Waals surface area contributed by atoms with Crippen LogP contribution in [0, 0.1) is 26.1 Å². The molecule has 1 aliphatic carbocycles. The van der Waals surface area contributed by atoms with Gasteiger partial charge in [0, 0.05) is 0 Å². The van der Waals surface area contributed by atoms with E-state index in [9.17, 15) is 0 Å². The van der Waals surface area contributed by atoms with Crippen LogP contribution >= 0.6 is 0 Å². The van der Waals surface area contributed by atoms with Gasteiger partial charge in [0.2, 0.25) is 0 Å². The number of aromatic nitrogens is 1. The van der Waals surface area contributed by atoms with Crippen molar-refractivity contribution in [3.8, 4) is 0 Å². The summed E-state index contributed by atoms with van der Waals surface area (Å²) in [6.45, 7) is 8.64. The van der Waals surface area contributed by atoms with Crippen LogP contribution in [0.15, 0.2) is 24.4 Å². The van der Waals surface area contributed by atoms with Gasteiger partial charge in [0.15, 0.2) is 0 Å². The molecule has 1 aromatic rings. The number of allylic oxidation sites excluding steroid dienone is 4. The van der Waals surface area contributed by atoms with Gasteiger partial charge in [0.25, 0.3) is 0 Å². The average Bonchev–Trinajstić information content (AvgIpc) is 2.80. The van der Waals surface area contributed by atoms with E-state index in [1.807, 2.05) is 25.3 Å². The molecule has 1 aliphatic rings. The van der Waals surface area contributed by atoms with E-state index < -0.39 is 0 Å². The molecule has 1 nitrogen and oxygen atoms in total. The molecule has 0 bridgehead atoms. The maximum atomic E-state index is 3.18. The van der Waals surface area contributed by atoms with Gasteiger partial charge in [-0.05, 0) is 8.41 Å². The Morgan fingerprint density at radius 2 is 1.78 bits per heavy atom. The zero-order valence-electron chi connectivity index (χ0n) is 11.1. The van der Waals surface area contributed by atoms with Gasteiger partial charge in [0.1, 0.15) is 0 Å². The van der Waals surface area contributed by atoms with E-state index >= 15 is 0 Å². The standard InChI is InChI=1S/C7H9Si.C6H8N.2ClH.Ti/c1-8(2)7-5-3-4-6-7;1-5-3-7-4-6(5)2;;;/h3-5H,1-2H3;3,7H,1-2H3;2*1H;/q2*-1;;;+4/p-2.